The molecule has 0 spiro atoms. The maximum Gasteiger partial charge on any atom is 1.00 e. The Morgan fingerprint density at radius 3 is 2.85 bits per heavy atom. The summed E-state index contributed by atoms with van der Waals surface area (Å²) in [6.07, 6.45) is 1.46. The summed E-state index contributed by atoms with van der Waals surface area (Å²) in [5.74, 6) is -0.418. The van der Waals surface area contributed by atoms with Gasteiger partial charge in [0.05, 0.1) is 0 Å². The number of rotatable bonds is 1. The zero-order valence-corrected chi connectivity index (χ0v) is 9.56. The summed E-state index contributed by atoms with van der Waals surface area (Å²) in [6, 6.07) is -0.589. The molecule has 2 unspecified atom stereocenters. The Balaban J connectivity index is 0.000000845. The molecule has 3 amide bonds. The molecule has 2 saturated heterocycles. The van der Waals surface area contributed by atoms with Crippen molar-refractivity contribution in [2.75, 3.05) is 6.54 Å². The fourth-order valence-corrected chi connectivity index (χ4v) is 1.79. The van der Waals surface area contributed by atoms with Gasteiger partial charge in [0.2, 0.25) is 5.91 Å². The van der Waals surface area contributed by atoms with E-state index < -0.39 is 11.9 Å². The van der Waals surface area contributed by atoms with Crippen LogP contribution in [0.5, 0.6) is 0 Å². The smallest absolute Gasteiger partial charge is 0.427 e. The van der Waals surface area contributed by atoms with Crippen LogP contribution in [0.25, 0.3) is 5.32 Å². The monoisotopic (exact) mass is 191 g/mol. The van der Waals surface area contributed by atoms with E-state index in [0.717, 1.165) is 6.42 Å². The number of hydrogen-bond acceptors (Lipinski definition) is 2. The average molecular weight is 191 g/mol. The van der Waals surface area contributed by atoms with Crippen LogP contribution in [0.15, 0.2) is 0 Å². The van der Waals surface area contributed by atoms with E-state index >= 15 is 0 Å². The maximum absolute atomic E-state index is 11.1. The Hall–Kier alpha value is -0.260. The second-order valence-corrected chi connectivity index (χ2v) is 3.21. The van der Waals surface area contributed by atoms with Crippen molar-refractivity contribution >= 4 is 11.9 Å². The molecule has 2 N–H and O–H groups in total. The van der Waals surface area contributed by atoms with E-state index in [1.54, 1.807) is 0 Å². The minimum Gasteiger partial charge on any atom is -0.427 e. The molecule has 0 aromatic carbocycles. The van der Waals surface area contributed by atoms with Crippen LogP contribution in [0.2, 0.25) is 0 Å². The summed E-state index contributed by atoms with van der Waals surface area (Å²) in [4.78, 5) is 23.5. The van der Waals surface area contributed by atoms with Gasteiger partial charge in [-0.25, -0.2) is 0 Å². The van der Waals surface area contributed by atoms with E-state index in [2.05, 4.69) is 5.32 Å². The van der Waals surface area contributed by atoms with Gasteiger partial charge in [0, 0.05) is 6.04 Å². The van der Waals surface area contributed by atoms with Crippen molar-refractivity contribution in [1.29, 1.82) is 0 Å². The topological polar surface area (TPSA) is 77.5 Å². The molecule has 0 aliphatic carbocycles. The first kappa shape index (κ1) is 10.8. The van der Waals surface area contributed by atoms with Crippen LogP contribution in [0.3, 0.4) is 0 Å². The van der Waals surface area contributed by atoms with Crippen LogP contribution in [-0.2, 0) is 4.79 Å². The number of amides is 3. The number of carbonyl (C=O) groups excluding carboxylic acids is 2. The summed E-state index contributed by atoms with van der Waals surface area (Å²) >= 11 is 0. The normalized spacial score (nSPS) is 30.8. The van der Waals surface area contributed by atoms with Crippen LogP contribution in [0, 0.1) is 0 Å². The first-order chi connectivity index (χ1) is 5.68. The minimum atomic E-state index is -0.418. The second kappa shape index (κ2) is 3.86. The first-order valence-electron chi connectivity index (χ1n) is 3.99. The van der Waals surface area contributed by atoms with Gasteiger partial charge < -0.3 is 16.0 Å². The van der Waals surface area contributed by atoms with E-state index in [1.165, 1.54) is 4.90 Å². The Kier molecular flexibility index (Phi) is 3.21. The molecule has 13 heavy (non-hydrogen) atoms. The largest absolute Gasteiger partial charge is 1.00 e. The van der Waals surface area contributed by atoms with Gasteiger partial charge in [-0.1, -0.05) is 6.42 Å². The van der Waals surface area contributed by atoms with E-state index in [1.807, 2.05) is 0 Å². The Morgan fingerprint density at radius 1 is 1.54 bits per heavy atom. The predicted octanol–water partition coefficient (Wildman–Crippen LogP) is -3.18. The van der Waals surface area contributed by atoms with Crippen molar-refractivity contribution < 1.29 is 39.1 Å². The van der Waals surface area contributed by atoms with Crippen LogP contribution in [0.4, 0.5) is 4.79 Å². The number of urea groups is 1. The third kappa shape index (κ3) is 1.82. The molecule has 66 valence electrons. The molecule has 2 rings (SSSR count). The molecule has 0 aromatic rings. The van der Waals surface area contributed by atoms with Gasteiger partial charge in [0.25, 0.3) is 0 Å². The molecule has 0 saturated carbocycles. The molecule has 2 bridgehead atoms. The summed E-state index contributed by atoms with van der Waals surface area (Å²) in [7, 11) is 0. The number of nitrogens with zero attached hydrogens (tertiary/aromatic N) is 2. The summed E-state index contributed by atoms with van der Waals surface area (Å²) in [5.41, 5.74) is 5.14. The number of fused-ring (bicyclic) bond motifs is 2. The average Bonchev–Trinajstić information content (AvgIpc) is 2.28. The first-order valence-corrected chi connectivity index (χ1v) is 3.99. The number of carbonyl (C=O) groups is 2. The fourth-order valence-electron chi connectivity index (χ4n) is 1.79. The summed E-state index contributed by atoms with van der Waals surface area (Å²) < 4.78 is 0. The summed E-state index contributed by atoms with van der Waals surface area (Å²) in [5, 5.41) is 3.86. The molecular formula is C7H10N3NaO2. The molecule has 0 radical (unpaired) electrons. The number of piperidine rings is 1. The van der Waals surface area contributed by atoms with E-state index in [-0.39, 0.29) is 41.6 Å². The molecule has 2 fully saturated rings. The Labute approximate surface area is 98.3 Å². The van der Waals surface area contributed by atoms with E-state index in [9.17, 15) is 9.59 Å². The minimum absolute atomic E-state index is 0. The van der Waals surface area contributed by atoms with Crippen molar-refractivity contribution in [3.8, 4) is 0 Å². The molecule has 2 heterocycles. The van der Waals surface area contributed by atoms with Crippen molar-refractivity contribution in [2.24, 2.45) is 5.73 Å². The summed E-state index contributed by atoms with van der Waals surface area (Å²) in [6.45, 7) is 0.576. The van der Waals surface area contributed by atoms with Gasteiger partial charge in [0.1, 0.15) is 0 Å². The zero-order valence-electron chi connectivity index (χ0n) is 7.56. The van der Waals surface area contributed by atoms with Crippen molar-refractivity contribution in [3.63, 3.8) is 0 Å². The fraction of sp³-hybridized carbons (Fsp3) is 0.714. The van der Waals surface area contributed by atoms with E-state index in [4.69, 9.17) is 5.73 Å². The van der Waals surface area contributed by atoms with Crippen LogP contribution in [0.1, 0.15) is 12.8 Å². The van der Waals surface area contributed by atoms with Crippen LogP contribution in [-0.4, -0.2) is 35.5 Å². The molecular weight excluding hydrogens is 181 g/mol. The van der Waals surface area contributed by atoms with Gasteiger partial charge in [-0.2, -0.15) is 0 Å². The zero-order chi connectivity index (χ0) is 8.72. The number of primary amides is 1. The van der Waals surface area contributed by atoms with Crippen molar-refractivity contribution in [1.82, 2.24) is 4.90 Å². The Morgan fingerprint density at radius 2 is 2.23 bits per heavy atom. The van der Waals surface area contributed by atoms with Gasteiger partial charge in [-0.3, -0.25) is 9.59 Å². The van der Waals surface area contributed by atoms with Gasteiger partial charge in [0.15, 0.2) is 6.03 Å². The molecule has 5 nitrogen and oxygen atoms in total. The van der Waals surface area contributed by atoms with Crippen molar-refractivity contribution in [2.45, 2.75) is 24.9 Å². The predicted molar refractivity (Wildman–Crippen MR) is 41.5 cm³/mol. The van der Waals surface area contributed by atoms with Gasteiger partial charge in [-0.15, -0.1) is 0 Å². The number of nitrogens with two attached hydrogens (primary N) is 1. The second-order valence-electron chi connectivity index (χ2n) is 3.21. The quantitative estimate of drug-likeness (QED) is 0.443. The van der Waals surface area contributed by atoms with Gasteiger partial charge in [-0.05, 0) is 19.0 Å². The molecule has 2 aliphatic heterocycles. The van der Waals surface area contributed by atoms with Crippen molar-refractivity contribution in [3.05, 3.63) is 5.32 Å². The maximum atomic E-state index is 11.1. The SMILES string of the molecule is NC(=O)C1CCC2CN1C(=O)[N-]2.[Na+]. The van der Waals surface area contributed by atoms with Crippen LogP contribution < -0.4 is 35.3 Å². The number of hydrogen-bond donors (Lipinski definition) is 1. The van der Waals surface area contributed by atoms with Gasteiger partial charge >= 0.3 is 29.6 Å². The standard InChI is InChI=1S/C7H11N3O2.Na/c8-6(11)5-2-1-4-3-10(5)7(12)9-4;/h4-5H,1-3H2,(H3,8,9,11,12);/q;+1/p-1. The third-order valence-corrected chi connectivity index (χ3v) is 2.42. The third-order valence-electron chi connectivity index (χ3n) is 2.42. The van der Waals surface area contributed by atoms with E-state index in [0.29, 0.717) is 13.0 Å². The molecule has 2 atom stereocenters. The molecule has 6 heteroatoms. The molecule has 0 aromatic heterocycles. The van der Waals surface area contributed by atoms with Crippen LogP contribution >= 0.6 is 0 Å². The molecule has 2 aliphatic rings. The Bertz CT molecular complexity index is 246.